The van der Waals surface area contributed by atoms with E-state index in [1.165, 1.54) is 0 Å². The molecule has 3 aromatic rings. The molecular formula is C17H15BrN2O. The van der Waals surface area contributed by atoms with Crippen LogP contribution in [0.25, 0.3) is 11.3 Å². The largest absolute Gasteiger partial charge is 0.388 e. The molecule has 3 rings (SSSR count). The van der Waals surface area contributed by atoms with Crippen LogP contribution >= 0.6 is 15.9 Å². The minimum Gasteiger partial charge on any atom is -0.388 e. The van der Waals surface area contributed by atoms with Crippen LogP contribution in [0, 0.1) is 0 Å². The highest BCUT2D eigenvalue weighted by Crippen LogP contribution is 2.28. The number of aliphatic hydroxyl groups is 1. The minimum absolute atomic E-state index is 0.554. The summed E-state index contributed by atoms with van der Waals surface area (Å²) in [6.45, 7) is 0. The van der Waals surface area contributed by atoms with E-state index < -0.39 is 6.10 Å². The molecule has 0 radical (unpaired) electrons. The molecule has 106 valence electrons. The highest BCUT2D eigenvalue weighted by Gasteiger charge is 2.16. The van der Waals surface area contributed by atoms with Gasteiger partial charge in [0.2, 0.25) is 0 Å². The average Bonchev–Trinajstić information content (AvgIpc) is 2.98. The van der Waals surface area contributed by atoms with Crippen LogP contribution in [0.5, 0.6) is 0 Å². The molecular weight excluding hydrogens is 328 g/mol. The van der Waals surface area contributed by atoms with Gasteiger partial charge in [-0.15, -0.1) is 0 Å². The predicted octanol–water partition coefficient (Wildman–Crippen LogP) is 4.12. The van der Waals surface area contributed by atoms with E-state index in [1.54, 1.807) is 6.20 Å². The third kappa shape index (κ3) is 3.23. The summed E-state index contributed by atoms with van der Waals surface area (Å²) in [5, 5.41) is 17.6. The van der Waals surface area contributed by atoms with Gasteiger partial charge < -0.3 is 5.11 Å². The predicted molar refractivity (Wildman–Crippen MR) is 86.8 cm³/mol. The summed E-state index contributed by atoms with van der Waals surface area (Å²) in [6.07, 6.45) is 1.66. The van der Waals surface area contributed by atoms with Gasteiger partial charge in [0.1, 0.15) is 0 Å². The Hall–Kier alpha value is -1.91. The lowest BCUT2D eigenvalue weighted by Crippen LogP contribution is -2.02. The third-order valence-electron chi connectivity index (χ3n) is 3.41. The van der Waals surface area contributed by atoms with Crippen molar-refractivity contribution < 1.29 is 5.11 Å². The summed E-state index contributed by atoms with van der Waals surface area (Å²) in [5.74, 6) is 0. The van der Waals surface area contributed by atoms with Crippen molar-refractivity contribution in [2.24, 2.45) is 0 Å². The number of nitrogens with zero attached hydrogens (tertiary/aromatic N) is 1. The lowest BCUT2D eigenvalue weighted by atomic mass is 9.99. The first-order valence-electron chi connectivity index (χ1n) is 6.75. The first-order valence-corrected chi connectivity index (χ1v) is 7.54. The molecule has 1 unspecified atom stereocenters. The van der Waals surface area contributed by atoms with Gasteiger partial charge in [-0.2, -0.15) is 5.10 Å². The normalized spacial score (nSPS) is 12.3. The molecule has 3 nitrogen and oxygen atoms in total. The van der Waals surface area contributed by atoms with Crippen molar-refractivity contribution in [3.05, 3.63) is 76.4 Å². The molecule has 0 bridgehead atoms. The fraction of sp³-hybridized carbons (Fsp3) is 0.118. The van der Waals surface area contributed by atoms with E-state index in [-0.39, 0.29) is 0 Å². The zero-order valence-electron chi connectivity index (χ0n) is 11.3. The summed E-state index contributed by atoms with van der Waals surface area (Å²) in [5.41, 5.74) is 3.80. The molecule has 21 heavy (non-hydrogen) atoms. The molecule has 2 N–H and O–H groups in total. The maximum Gasteiger partial charge on any atom is 0.0867 e. The zero-order valence-corrected chi connectivity index (χ0v) is 12.9. The summed E-state index contributed by atoms with van der Waals surface area (Å²) in [7, 11) is 0. The highest BCUT2D eigenvalue weighted by atomic mass is 79.9. The van der Waals surface area contributed by atoms with Crippen molar-refractivity contribution >= 4 is 15.9 Å². The number of rotatable bonds is 4. The lowest BCUT2D eigenvalue weighted by Gasteiger charge is -2.11. The van der Waals surface area contributed by atoms with Gasteiger partial charge in [-0.05, 0) is 23.3 Å². The van der Waals surface area contributed by atoms with Gasteiger partial charge in [-0.1, -0.05) is 58.4 Å². The van der Waals surface area contributed by atoms with Crippen LogP contribution in [0.1, 0.15) is 17.2 Å². The molecule has 0 aliphatic rings. The molecule has 1 heterocycles. The second-order valence-electron chi connectivity index (χ2n) is 4.92. The highest BCUT2D eigenvalue weighted by molar-refractivity contribution is 9.10. The molecule has 1 atom stereocenters. The van der Waals surface area contributed by atoms with Gasteiger partial charge in [-0.3, -0.25) is 5.10 Å². The maximum absolute atomic E-state index is 10.5. The Morgan fingerprint density at radius 1 is 1.10 bits per heavy atom. The van der Waals surface area contributed by atoms with Gasteiger partial charge >= 0.3 is 0 Å². The minimum atomic E-state index is -0.590. The molecule has 2 aromatic carbocycles. The van der Waals surface area contributed by atoms with Crippen molar-refractivity contribution in [3.63, 3.8) is 0 Å². The van der Waals surface area contributed by atoms with Crippen LogP contribution < -0.4 is 0 Å². The van der Waals surface area contributed by atoms with Crippen LogP contribution in [0.15, 0.2) is 65.3 Å². The van der Waals surface area contributed by atoms with Gasteiger partial charge in [0, 0.05) is 16.5 Å². The summed E-state index contributed by atoms with van der Waals surface area (Å²) in [4.78, 5) is 0. The number of aliphatic hydroxyl groups excluding tert-OH is 1. The number of hydrogen-bond acceptors (Lipinski definition) is 2. The fourth-order valence-corrected chi connectivity index (χ4v) is 2.83. The average molecular weight is 343 g/mol. The molecule has 0 spiro atoms. The van der Waals surface area contributed by atoms with Crippen molar-refractivity contribution in [3.8, 4) is 11.3 Å². The van der Waals surface area contributed by atoms with E-state index >= 15 is 0 Å². The number of aromatic nitrogens is 2. The molecule has 0 saturated heterocycles. The summed E-state index contributed by atoms with van der Waals surface area (Å²) < 4.78 is 1.02. The van der Waals surface area contributed by atoms with Gasteiger partial charge in [0.05, 0.1) is 18.0 Å². The second kappa shape index (κ2) is 6.24. The Morgan fingerprint density at radius 3 is 2.67 bits per heavy atom. The van der Waals surface area contributed by atoms with Crippen molar-refractivity contribution in [2.45, 2.75) is 12.5 Å². The number of benzene rings is 2. The number of aromatic amines is 1. The first kappa shape index (κ1) is 14.0. The Balaban J connectivity index is 1.86. The van der Waals surface area contributed by atoms with E-state index in [9.17, 15) is 5.11 Å². The SMILES string of the molecule is OC(Cc1cccc(Br)c1)c1cn[nH]c1-c1ccccc1. The molecule has 0 aliphatic carbocycles. The van der Waals surface area contributed by atoms with Crippen molar-refractivity contribution in [1.29, 1.82) is 0 Å². The quantitative estimate of drug-likeness (QED) is 0.749. The number of nitrogens with one attached hydrogen (secondary N) is 1. The standard InChI is InChI=1S/C17H15BrN2O/c18-14-8-4-5-12(9-14)10-16(21)15-11-19-20-17(15)13-6-2-1-3-7-13/h1-9,11,16,21H,10H2,(H,19,20). The molecule has 0 fully saturated rings. The van der Waals surface area contributed by atoms with Gasteiger partial charge in [0.25, 0.3) is 0 Å². The van der Waals surface area contributed by atoms with Crippen LogP contribution in [0.2, 0.25) is 0 Å². The number of hydrogen-bond donors (Lipinski definition) is 2. The van der Waals surface area contributed by atoms with Crippen LogP contribution in [0.3, 0.4) is 0 Å². The van der Waals surface area contributed by atoms with Crippen molar-refractivity contribution in [2.75, 3.05) is 0 Å². The molecule has 1 aromatic heterocycles. The van der Waals surface area contributed by atoms with Crippen molar-refractivity contribution in [1.82, 2.24) is 10.2 Å². The van der Waals surface area contributed by atoms with Crippen LogP contribution in [-0.4, -0.2) is 15.3 Å². The number of H-pyrrole nitrogens is 1. The van der Waals surface area contributed by atoms with E-state index in [0.29, 0.717) is 6.42 Å². The molecule has 0 amide bonds. The number of halogens is 1. The van der Waals surface area contributed by atoms with Crippen LogP contribution in [-0.2, 0) is 6.42 Å². The summed E-state index contributed by atoms with van der Waals surface area (Å²) >= 11 is 3.45. The van der Waals surface area contributed by atoms with E-state index in [4.69, 9.17) is 0 Å². The lowest BCUT2D eigenvalue weighted by molar-refractivity contribution is 0.179. The Labute approximate surface area is 131 Å². The Kier molecular flexibility index (Phi) is 4.18. The summed E-state index contributed by atoms with van der Waals surface area (Å²) in [6, 6.07) is 17.9. The Bertz CT molecular complexity index is 724. The fourth-order valence-electron chi connectivity index (χ4n) is 2.38. The topological polar surface area (TPSA) is 48.9 Å². The van der Waals surface area contributed by atoms with Crippen LogP contribution in [0.4, 0.5) is 0 Å². The van der Waals surface area contributed by atoms with E-state index in [0.717, 1.165) is 26.9 Å². The van der Waals surface area contributed by atoms with E-state index in [2.05, 4.69) is 26.1 Å². The zero-order chi connectivity index (χ0) is 14.7. The molecule has 0 saturated carbocycles. The Morgan fingerprint density at radius 2 is 1.90 bits per heavy atom. The second-order valence-corrected chi connectivity index (χ2v) is 5.83. The van der Waals surface area contributed by atoms with E-state index in [1.807, 2.05) is 54.6 Å². The molecule has 4 heteroatoms. The third-order valence-corrected chi connectivity index (χ3v) is 3.90. The van der Waals surface area contributed by atoms with Gasteiger partial charge in [0.15, 0.2) is 0 Å². The first-order chi connectivity index (χ1) is 10.2. The van der Waals surface area contributed by atoms with Gasteiger partial charge in [-0.25, -0.2) is 0 Å². The monoisotopic (exact) mass is 342 g/mol. The smallest absolute Gasteiger partial charge is 0.0867 e. The maximum atomic E-state index is 10.5. The molecule has 0 aliphatic heterocycles.